The molecule has 8 nitrogen and oxygen atoms in total. The Morgan fingerprint density at radius 3 is 2.83 bits per heavy atom. The second kappa shape index (κ2) is 8.17. The molecule has 0 atom stereocenters. The highest BCUT2D eigenvalue weighted by atomic mass is 35.5. The summed E-state index contributed by atoms with van der Waals surface area (Å²) in [7, 11) is 0. The molecule has 0 aliphatic rings. The molecule has 0 spiro atoms. The Balaban J connectivity index is 1.45. The van der Waals surface area contributed by atoms with Crippen molar-refractivity contribution in [3.63, 3.8) is 0 Å². The predicted molar refractivity (Wildman–Crippen MR) is 110 cm³/mol. The van der Waals surface area contributed by atoms with Crippen LogP contribution in [0.1, 0.15) is 16.1 Å². The van der Waals surface area contributed by atoms with E-state index in [1.807, 2.05) is 5.38 Å². The zero-order valence-corrected chi connectivity index (χ0v) is 16.8. The Morgan fingerprint density at radius 2 is 2.10 bits per heavy atom. The Kier molecular flexibility index (Phi) is 5.42. The van der Waals surface area contributed by atoms with Gasteiger partial charge < -0.3 is 5.32 Å². The van der Waals surface area contributed by atoms with Crippen molar-refractivity contribution in [2.24, 2.45) is 0 Å². The van der Waals surface area contributed by atoms with Gasteiger partial charge in [0.2, 0.25) is 4.96 Å². The Hall–Kier alpha value is -3.37. The molecule has 0 aliphatic heterocycles. The minimum absolute atomic E-state index is 0.00503. The summed E-state index contributed by atoms with van der Waals surface area (Å²) in [6.07, 6.45) is 0.455. The lowest BCUT2D eigenvalue weighted by Crippen LogP contribution is -2.26. The number of nitro groups is 1. The topological polar surface area (TPSA) is 102 Å². The molecule has 11 heteroatoms. The van der Waals surface area contributed by atoms with Crippen LogP contribution in [0.4, 0.5) is 10.1 Å². The van der Waals surface area contributed by atoms with Gasteiger partial charge in [-0.3, -0.25) is 14.9 Å². The van der Waals surface area contributed by atoms with Crippen LogP contribution in [0.25, 0.3) is 16.3 Å². The first kappa shape index (κ1) is 19.9. The first-order chi connectivity index (χ1) is 14.4. The summed E-state index contributed by atoms with van der Waals surface area (Å²) in [6.45, 7) is 0.285. The summed E-state index contributed by atoms with van der Waals surface area (Å²) >= 11 is 7.35. The van der Waals surface area contributed by atoms with Crippen molar-refractivity contribution in [2.45, 2.75) is 6.42 Å². The maximum absolute atomic E-state index is 14.0. The number of nitrogens with one attached hydrogen (secondary N) is 1. The number of thiazole rings is 1. The van der Waals surface area contributed by atoms with Crippen LogP contribution in [0.3, 0.4) is 0 Å². The Bertz CT molecular complexity index is 1270. The van der Waals surface area contributed by atoms with Crippen LogP contribution in [0.5, 0.6) is 0 Å². The molecule has 1 amide bonds. The van der Waals surface area contributed by atoms with Gasteiger partial charge in [0.25, 0.3) is 11.6 Å². The van der Waals surface area contributed by atoms with Gasteiger partial charge >= 0.3 is 0 Å². The van der Waals surface area contributed by atoms with E-state index < -0.39 is 16.6 Å². The number of benzene rings is 2. The zero-order chi connectivity index (χ0) is 21.3. The summed E-state index contributed by atoms with van der Waals surface area (Å²) < 4.78 is 15.6. The molecular weight excluding hydrogens is 433 g/mol. The quantitative estimate of drug-likeness (QED) is 0.355. The average Bonchev–Trinajstić information content (AvgIpc) is 3.29. The number of amides is 1. The molecule has 0 saturated carbocycles. The van der Waals surface area contributed by atoms with E-state index in [9.17, 15) is 19.3 Å². The molecule has 4 aromatic rings. The SMILES string of the molecule is O=C(NCCc1csc2nc(-c3ccccc3F)nn12)c1ccc([N+](=O)[O-])cc1Cl. The molecule has 0 unspecified atom stereocenters. The lowest BCUT2D eigenvalue weighted by Gasteiger charge is -2.06. The Labute approximate surface area is 178 Å². The minimum atomic E-state index is -0.580. The number of hydrogen-bond acceptors (Lipinski definition) is 6. The molecule has 0 fully saturated rings. The molecule has 0 aliphatic carbocycles. The van der Waals surface area contributed by atoms with Crippen LogP contribution in [0.15, 0.2) is 47.8 Å². The van der Waals surface area contributed by atoms with E-state index in [2.05, 4.69) is 15.4 Å². The highest BCUT2D eigenvalue weighted by molar-refractivity contribution is 7.15. The average molecular weight is 446 g/mol. The lowest BCUT2D eigenvalue weighted by atomic mass is 10.2. The van der Waals surface area contributed by atoms with Crippen molar-refractivity contribution >= 4 is 39.5 Å². The van der Waals surface area contributed by atoms with Crippen molar-refractivity contribution in [1.29, 1.82) is 0 Å². The molecule has 4 rings (SSSR count). The number of nitro benzene ring substituents is 1. The van der Waals surface area contributed by atoms with Crippen LogP contribution in [-0.4, -0.2) is 32.0 Å². The van der Waals surface area contributed by atoms with E-state index in [1.165, 1.54) is 29.5 Å². The third-order valence-electron chi connectivity index (χ3n) is 4.34. The highest BCUT2D eigenvalue weighted by Gasteiger charge is 2.16. The van der Waals surface area contributed by atoms with Gasteiger partial charge in [0.1, 0.15) is 5.82 Å². The number of fused-ring (bicyclic) bond motifs is 1. The van der Waals surface area contributed by atoms with Gasteiger partial charge in [-0.25, -0.2) is 8.91 Å². The van der Waals surface area contributed by atoms with E-state index in [0.29, 0.717) is 22.8 Å². The van der Waals surface area contributed by atoms with Gasteiger partial charge in [-0.2, -0.15) is 4.98 Å². The number of carbonyl (C=O) groups excluding carboxylic acids is 1. The van der Waals surface area contributed by atoms with E-state index in [0.717, 1.165) is 11.8 Å². The van der Waals surface area contributed by atoms with Crippen molar-refractivity contribution in [1.82, 2.24) is 19.9 Å². The molecule has 1 N–H and O–H groups in total. The molecule has 152 valence electrons. The number of rotatable bonds is 6. The van der Waals surface area contributed by atoms with Gasteiger partial charge in [-0.15, -0.1) is 16.4 Å². The maximum Gasteiger partial charge on any atom is 0.270 e. The first-order valence-electron chi connectivity index (χ1n) is 8.74. The van der Waals surface area contributed by atoms with Crippen LogP contribution in [0.2, 0.25) is 5.02 Å². The zero-order valence-electron chi connectivity index (χ0n) is 15.2. The normalized spacial score (nSPS) is 11.0. The molecule has 0 bridgehead atoms. The van der Waals surface area contributed by atoms with Crippen LogP contribution < -0.4 is 5.32 Å². The predicted octanol–water partition coefficient (Wildman–Crippen LogP) is 4.13. The number of non-ortho nitro benzene ring substituents is 1. The standard InChI is InChI=1S/C19H13ClFN5O3S/c20-15-9-11(26(28)29)5-6-13(15)18(27)22-8-7-12-10-30-19-23-17(24-25(12)19)14-3-1-2-4-16(14)21/h1-6,9-10H,7-8H2,(H,22,27). The van der Waals surface area contributed by atoms with Gasteiger partial charge in [0, 0.05) is 30.5 Å². The molecular formula is C19H13ClFN5O3S. The second-order valence-electron chi connectivity index (χ2n) is 6.26. The van der Waals surface area contributed by atoms with Gasteiger partial charge in [0.15, 0.2) is 5.82 Å². The monoisotopic (exact) mass is 445 g/mol. The molecule has 2 aromatic carbocycles. The largest absolute Gasteiger partial charge is 0.352 e. The van der Waals surface area contributed by atoms with Crippen molar-refractivity contribution in [3.8, 4) is 11.4 Å². The summed E-state index contributed by atoms with van der Waals surface area (Å²) in [5, 5.41) is 19.7. The van der Waals surface area contributed by atoms with E-state index in [4.69, 9.17) is 11.6 Å². The summed E-state index contributed by atoms with van der Waals surface area (Å²) in [6, 6.07) is 9.96. The van der Waals surface area contributed by atoms with Gasteiger partial charge in [-0.05, 0) is 18.2 Å². The van der Waals surface area contributed by atoms with Gasteiger partial charge in [0.05, 0.1) is 26.8 Å². The number of halogens is 2. The molecule has 30 heavy (non-hydrogen) atoms. The fraction of sp³-hybridized carbons (Fsp3) is 0.105. The van der Waals surface area contributed by atoms with E-state index in [-0.39, 0.29) is 22.8 Å². The molecule has 0 radical (unpaired) electrons. The minimum Gasteiger partial charge on any atom is -0.352 e. The third kappa shape index (κ3) is 3.87. The van der Waals surface area contributed by atoms with Crippen LogP contribution >= 0.6 is 22.9 Å². The van der Waals surface area contributed by atoms with Crippen LogP contribution in [-0.2, 0) is 6.42 Å². The molecule has 2 heterocycles. The summed E-state index contributed by atoms with van der Waals surface area (Å²) in [5.74, 6) is -0.542. The Morgan fingerprint density at radius 1 is 1.30 bits per heavy atom. The number of carbonyl (C=O) groups is 1. The lowest BCUT2D eigenvalue weighted by molar-refractivity contribution is -0.384. The van der Waals surface area contributed by atoms with E-state index >= 15 is 0 Å². The third-order valence-corrected chi connectivity index (χ3v) is 5.52. The highest BCUT2D eigenvalue weighted by Crippen LogP contribution is 2.24. The van der Waals surface area contributed by atoms with E-state index in [1.54, 1.807) is 22.7 Å². The smallest absolute Gasteiger partial charge is 0.270 e. The number of nitrogens with zero attached hydrogens (tertiary/aromatic N) is 4. The molecule has 0 saturated heterocycles. The summed E-state index contributed by atoms with van der Waals surface area (Å²) in [5.41, 5.74) is 1.09. The molecule has 2 aromatic heterocycles. The first-order valence-corrected chi connectivity index (χ1v) is 10.00. The fourth-order valence-corrected chi connectivity index (χ4v) is 3.97. The maximum atomic E-state index is 14.0. The van der Waals surface area contributed by atoms with Gasteiger partial charge in [-0.1, -0.05) is 23.7 Å². The van der Waals surface area contributed by atoms with Crippen molar-refractivity contribution < 1.29 is 14.1 Å². The van der Waals surface area contributed by atoms with Crippen LogP contribution in [0, 0.1) is 15.9 Å². The van der Waals surface area contributed by atoms with Crippen molar-refractivity contribution in [2.75, 3.05) is 6.54 Å². The summed E-state index contributed by atoms with van der Waals surface area (Å²) in [4.78, 5) is 27.5. The fourth-order valence-electron chi connectivity index (χ4n) is 2.85. The second-order valence-corrected chi connectivity index (χ2v) is 7.51. The number of hydrogen-bond donors (Lipinski definition) is 1. The van der Waals surface area contributed by atoms with Crippen molar-refractivity contribution in [3.05, 3.63) is 80.1 Å². The number of aromatic nitrogens is 3.